The number of hydrogen-bond donors (Lipinski definition) is 4. The van der Waals surface area contributed by atoms with Gasteiger partial charge in [-0.1, -0.05) is 30.3 Å². The summed E-state index contributed by atoms with van der Waals surface area (Å²) < 4.78 is 15.4. The van der Waals surface area contributed by atoms with E-state index in [9.17, 15) is 24.3 Å². The van der Waals surface area contributed by atoms with E-state index in [-0.39, 0.29) is 18.6 Å². The van der Waals surface area contributed by atoms with Crippen molar-refractivity contribution in [2.75, 3.05) is 13.7 Å². The fourth-order valence-corrected chi connectivity index (χ4v) is 3.32. The van der Waals surface area contributed by atoms with Crippen molar-refractivity contribution in [3.8, 4) is 5.75 Å². The summed E-state index contributed by atoms with van der Waals surface area (Å²) in [5, 5.41) is 14.7. The van der Waals surface area contributed by atoms with Gasteiger partial charge in [0.15, 0.2) is 0 Å². The molecular formula is C24H25N3O8. The molecule has 2 aromatic carbocycles. The molecule has 0 spiro atoms. The Hall–Kier alpha value is -4.38. The SMILES string of the molecule is COc1ccc2c(C[C@H](NC(=O)[C@H](CO)NC(=O)OCc3ccccc3)C(N)=O)cc(=O)oc2c1. The van der Waals surface area contributed by atoms with Crippen LogP contribution in [0.5, 0.6) is 5.75 Å². The van der Waals surface area contributed by atoms with Gasteiger partial charge in [-0.05, 0) is 23.3 Å². The molecule has 0 bridgehead atoms. The van der Waals surface area contributed by atoms with Crippen molar-refractivity contribution < 1.29 is 33.4 Å². The van der Waals surface area contributed by atoms with Crippen LogP contribution in [0, 0.1) is 0 Å². The Labute approximate surface area is 199 Å². The molecule has 0 fully saturated rings. The molecule has 0 radical (unpaired) electrons. The summed E-state index contributed by atoms with van der Waals surface area (Å²) in [6.45, 7) is -0.791. The highest BCUT2D eigenvalue weighted by Crippen LogP contribution is 2.23. The summed E-state index contributed by atoms with van der Waals surface area (Å²) in [6, 6.07) is 12.2. The highest BCUT2D eigenvalue weighted by atomic mass is 16.5. The summed E-state index contributed by atoms with van der Waals surface area (Å²) in [5.74, 6) is -1.27. The van der Waals surface area contributed by atoms with E-state index in [0.717, 1.165) is 5.56 Å². The van der Waals surface area contributed by atoms with E-state index in [0.29, 0.717) is 16.7 Å². The van der Waals surface area contributed by atoms with Crippen LogP contribution in [0.1, 0.15) is 11.1 Å². The second-order valence-electron chi connectivity index (χ2n) is 7.56. The van der Waals surface area contributed by atoms with Crippen LogP contribution in [0.25, 0.3) is 11.0 Å². The molecule has 5 N–H and O–H groups in total. The molecule has 11 heteroatoms. The molecule has 0 saturated carbocycles. The third-order valence-corrected chi connectivity index (χ3v) is 5.13. The summed E-state index contributed by atoms with van der Waals surface area (Å²) in [6.07, 6.45) is -1.06. The lowest BCUT2D eigenvalue weighted by atomic mass is 10.0. The molecule has 1 aromatic heterocycles. The zero-order chi connectivity index (χ0) is 25.4. The first kappa shape index (κ1) is 25.2. The van der Waals surface area contributed by atoms with Crippen LogP contribution in [0.3, 0.4) is 0 Å². The van der Waals surface area contributed by atoms with Crippen molar-refractivity contribution in [1.29, 1.82) is 0 Å². The second-order valence-corrected chi connectivity index (χ2v) is 7.56. The predicted octanol–water partition coefficient (Wildman–Crippen LogP) is 0.602. The van der Waals surface area contributed by atoms with Gasteiger partial charge in [0, 0.05) is 23.9 Å². The Kier molecular flexibility index (Phi) is 8.41. The van der Waals surface area contributed by atoms with Gasteiger partial charge in [0.1, 0.15) is 30.0 Å². The van der Waals surface area contributed by atoms with Crippen molar-refractivity contribution in [3.05, 3.63) is 76.1 Å². The Morgan fingerprint density at radius 2 is 1.80 bits per heavy atom. The van der Waals surface area contributed by atoms with Crippen molar-refractivity contribution in [1.82, 2.24) is 10.6 Å². The van der Waals surface area contributed by atoms with Gasteiger partial charge in [0.25, 0.3) is 0 Å². The summed E-state index contributed by atoms with van der Waals surface area (Å²) in [4.78, 5) is 48.8. The number of aliphatic hydroxyl groups is 1. The number of aliphatic hydroxyl groups excluding tert-OH is 1. The molecule has 11 nitrogen and oxygen atoms in total. The van der Waals surface area contributed by atoms with Gasteiger partial charge in [-0.25, -0.2) is 9.59 Å². The first-order valence-electron chi connectivity index (χ1n) is 10.6. The molecule has 0 saturated heterocycles. The number of alkyl carbamates (subject to hydrolysis) is 1. The minimum absolute atomic E-state index is 0.0369. The van der Waals surface area contributed by atoms with E-state index in [1.165, 1.54) is 19.2 Å². The van der Waals surface area contributed by atoms with Crippen molar-refractivity contribution in [2.45, 2.75) is 25.1 Å². The zero-order valence-corrected chi connectivity index (χ0v) is 18.9. The number of fused-ring (bicyclic) bond motifs is 1. The number of primary amides is 1. The van der Waals surface area contributed by atoms with Crippen LogP contribution in [0.15, 0.2) is 63.8 Å². The van der Waals surface area contributed by atoms with Crippen LogP contribution in [-0.2, 0) is 27.4 Å². The molecule has 35 heavy (non-hydrogen) atoms. The Morgan fingerprint density at radius 1 is 1.06 bits per heavy atom. The van der Waals surface area contributed by atoms with Gasteiger partial charge in [-0.15, -0.1) is 0 Å². The van der Waals surface area contributed by atoms with Crippen LogP contribution < -0.4 is 26.7 Å². The van der Waals surface area contributed by atoms with Gasteiger partial charge in [-0.3, -0.25) is 9.59 Å². The maximum atomic E-state index is 12.7. The van der Waals surface area contributed by atoms with Gasteiger partial charge in [0.05, 0.1) is 13.7 Å². The van der Waals surface area contributed by atoms with Gasteiger partial charge >= 0.3 is 11.7 Å². The third kappa shape index (κ3) is 6.81. The van der Waals surface area contributed by atoms with Crippen molar-refractivity contribution in [3.63, 3.8) is 0 Å². The minimum Gasteiger partial charge on any atom is -0.497 e. The van der Waals surface area contributed by atoms with Crippen LogP contribution >= 0.6 is 0 Å². The predicted molar refractivity (Wildman–Crippen MR) is 125 cm³/mol. The lowest BCUT2D eigenvalue weighted by Gasteiger charge is -2.21. The standard InChI is InChI=1S/C24H25N3O8/c1-33-16-7-8-17-15(10-21(29)35-20(17)11-16)9-18(22(25)30)26-23(31)19(12-28)27-24(32)34-13-14-5-3-2-4-6-14/h2-8,10-11,18-19,28H,9,12-13H2,1H3,(H2,25,30)(H,26,31)(H,27,32)/t18-,19-/m0/s1. The number of amides is 3. The topological polar surface area (TPSA) is 170 Å². The smallest absolute Gasteiger partial charge is 0.408 e. The average molecular weight is 483 g/mol. The van der Waals surface area contributed by atoms with Gasteiger partial charge in [-0.2, -0.15) is 0 Å². The number of hydrogen-bond acceptors (Lipinski definition) is 8. The molecule has 1 heterocycles. The first-order chi connectivity index (χ1) is 16.8. The van der Waals surface area contributed by atoms with Gasteiger partial charge < -0.3 is 35.4 Å². The fraction of sp³-hybridized carbons (Fsp3) is 0.250. The quantitative estimate of drug-likeness (QED) is 0.304. The van der Waals surface area contributed by atoms with Crippen LogP contribution in [0.2, 0.25) is 0 Å². The Bertz CT molecular complexity index is 1260. The van der Waals surface area contributed by atoms with E-state index < -0.39 is 42.2 Å². The van der Waals surface area contributed by atoms with E-state index >= 15 is 0 Å². The molecule has 2 atom stereocenters. The number of ether oxygens (including phenoxy) is 2. The third-order valence-electron chi connectivity index (χ3n) is 5.13. The molecule has 3 aromatic rings. The Morgan fingerprint density at radius 3 is 2.46 bits per heavy atom. The van der Waals surface area contributed by atoms with E-state index in [4.69, 9.17) is 19.6 Å². The molecule has 3 amide bonds. The molecule has 0 unspecified atom stereocenters. The largest absolute Gasteiger partial charge is 0.497 e. The van der Waals surface area contributed by atoms with Crippen LogP contribution in [0.4, 0.5) is 4.79 Å². The number of rotatable bonds is 10. The van der Waals surface area contributed by atoms with Crippen molar-refractivity contribution in [2.24, 2.45) is 5.73 Å². The normalized spacial score (nSPS) is 12.4. The lowest BCUT2D eigenvalue weighted by Crippen LogP contribution is -2.55. The maximum absolute atomic E-state index is 12.7. The minimum atomic E-state index is -1.40. The molecule has 3 rings (SSSR count). The number of nitrogens with one attached hydrogen (secondary N) is 2. The number of carbonyl (C=O) groups is 3. The Balaban J connectivity index is 1.69. The van der Waals surface area contributed by atoms with Crippen molar-refractivity contribution >= 4 is 28.9 Å². The molecule has 184 valence electrons. The summed E-state index contributed by atoms with van der Waals surface area (Å²) in [5.41, 5.74) is 6.18. The van der Waals surface area contributed by atoms with Crippen LogP contribution in [-0.4, -0.2) is 48.8 Å². The number of benzene rings is 2. The summed E-state index contributed by atoms with van der Waals surface area (Å²) >= 11 is 0. The number of nitrogens with two attached hydrogens (primary N) is 1. The van der Waals surface area contributed by atoms with E-state index in [2.05, 4.69) is 10.6 Å². The van der Waals surface area contributed by atoms with E-state index in [1.807, 2.05) is 6.07 Å². The fourth-order valence-electron chi connectivity index (χ4n) is 3.32. The molecule has 0 aliphatic rings. The number of carbonyl (C=O) groups excluding carboxylic acids is 3. The average Bonchev–Trinajstić information content (AvgIpc) is 2.85. The molecular weight excluding hydrogens is 458 g/mol. The maximum Gasteiger partial charge on any atom is 0.408 e. The zero-order valence-electron chi connectivity index (χ0n) is 18.9. The lowest BCUT2D eigenvalue weighted by molar-refractivity contribution is -0.129. The van der Waals surface area contributed by atoms with E-state index in [1.54, 1.807) is 36.4 Å². The summed E-state index contributed by atoms with van der Waals surface area (Å²) in [7, 11) is 1.46. The molecule has 0 aliphatic carbocycles. The second kappa shape index (κ2) is 11.7. The molecule has 0 aliphatic heterocycles. The highest BCUT2D eigenvalue weighted by molar-refractivity contribution is 5.91. The monoisotopic (exact) mass is 483 g/mol. The van der Waals surface area contributed by atoms with Gasteiger partial charge in [0.2, 0.25) is 11.8 Å². The first-order valence-corrected chi connectivity index (χ1v) is 10.6. The number of methoxy groups -OCH3 is 1. The highest BCUT2D eigenvalue weighted by Gasteiger charge is 2.26.